The minimum atomic E-state index is -0.530. The van der Waals surface area contributed by atoms with Crippen molar-refractivity contribution in [3.63, 3.8) is 0 Å². The summed E-state index contributed by atoms with van der Waals surface area (Å²) in [5.41, 5.74) is 2.20. The van der Waals surface area contributed by atoms with Crippen molar-refractivity contribution in [2.75, 3.05) is 6.61 Å². The van der Waals surface area contributed by atoms with E-state index in [-0.39, 0.29) is 18.2 Å². The van der Waals surface area contributed by atoms with Crippen LogP contribution in [0.2, 0.25) is 0 Å². The average molecular weight is 416 g/mol. The second-order valence-electron chi connectivity index (χ2n) is 5.77. The molecule has 0 radical (unpaired) electrons. The molecule has 0 spiro atoms. The molecule has 3 aromatic rings. The van der Waals surface area contributed by atoms with Crippen LogP contribution in [0.3, 0.4) is 0 Å². The number of hydrogen-bond acceptors (Lipinski definition) is 4. The lowest BCUT2D eigenvalue weighted by atomic mass is 10.2. The Kier molecular flexibility index (Phi) is 5.37. The Labute approximate surface area is 159 Å². The van der Waals surface area contributed by atoms with Gasteiger partial charge in [-0.3, -0.25) is 4.79 Å². The van der Waals surface area contributed by atoms with E-state index in [1.165, 1.54) is 0 Å². The normalized spacial score (nSPS) is 11.3. The number of amides is 1. The SMILES string of the molecule is CCn1c(O)c(N=NC(=O)COc2ccc(C)cc2)c2cc(Br)ccc21. The van der Waals surface area contributed by atoms with Gasteiger partial charge in [-0.25, -0.2) is 0 Å². The molecule has 0 unspecified atom stereocenters. The number of aryl methyl sites for hydroxylation is 2. The smallest absolute Gasteiger partial charge is 0.302 e. The first-order valence-electron chi connectivity index (χ1n) is 8.14. The molecule has 0 bridgehead atoms. The Morgan fingerprint density at radius 1 is 1.23 bits per heavy atom. The Morgan fingerprint density at radius 3 is 2.65 bits per heavy atom. The van der Waals surface area contributed by atoms with Crippen LogP contribution in [0.25, 0.3) is 10.9 Å². The molecule has 3 rings (SSSR count). The zero-order chi connectivity index (χ0) is 18.7. The maximum atomic E-state index is 12.0. The molecule has 6 nitrogen and oxygen atoms in total. The van der Waals surface area contributed by atoms with Gasteiger partial charge in [-0.05, 0) is 44.2 Å². The monoisotopic (exact) mass is 415 g/mol. The molecule has 0 aliphatic carbocycles. The van der Waals surface area contributed by atoms with Crippen LogP contribution in [-0.4, -0.2) is 22.2 Å². The molecule has 1 amide bonds. The van der Waals surface area contributed by atoms with E-state index in [0.29, 0.717) is 12.3 Å². The lowest BCUT2D eigenvalue weighted by Crippen LogP contribution is -2.07. The van der Waals surface area contributed by atoms with Gasteiger partial charge in [0.1, 0.15) is 5.75 Å². The van der Waals surface area contributed by atoms with Gasteiger partial charge >= 0.3 is 5.91 Å². The first-order valence-corrected chi connectivity index (χ1v) is 8.93. The van der Waals surface area contributed by atoms with Gasteiger partial charge < -0.3 is 14.4 Å². The van der Waals surface area contributed by atoms with Crippen LogP contribution in [0.1, 0.15) is 12.5 Å². The van der Waals surface area contributed by atoms with Crippen molar-refractivity contribution in [2.24, 2.45) is 10.2 Å². The van der Waals surface area contributed by atoms with Crippen LogP contribution in [0.15, 0.2) is 57.2 Å². The number of rotatable bonds is 5. The highest BCUT2D eigenvalue weighted by Crippen LogP contribution is 2.39. The quantitative estimate of drug-likeness (QED) is 0.586. The number of benzene rings is 2. The van der Waals surface area contributed by atoms with Gasteiger partial charge in [0.05, 0.1) is 5.52 Å². The molecule has 0 saturated heterocycles. The Morgan fingerprint density at radius 2 is 1.96 bits per heavy atom. The largest absolute Gasteiger partial charge is 0.493 e. The van der Waals surface area contributed by atoms with E-state index in [1.807, 2.05) is 44.2 Å². The first kappa shape index (κ1) is 18.1. The number of hydrogen-bond donors (Lipinski definition) is 1. The van der Waals surface area contributed by atoms with Crippen molar-refractivity contribution in [1.82, 2.24) is 4.57 Å². The molecule has 1 N–H and O–H groups in total. The lowest BCUT2D eigenvalue weighted by molar-refractivity contribution is -0.120. The van der Waals surface area contributed by atoms with Gasteiger partial charge in [-0.1, -0.05) is 33.6 Å². The molecule has 7 heteroatoms. The second kappa shape index (κ2) is 7.70. The topological polar surface area (TPSA) is 76.2 Å². The molecular formula is C19H18BrN3O3. The lowest BCUT2D eigenvalue weighted by Gasteiger charge is -2.03. The minimum absolute atomic E-state index is 0.0170. The fourth-order valence-corrected chi connectivity index (χ4v) is 2.99. The number of carbonyl (C=O) groups is 1. The Hall–Kier alpha value is -2.67. The van der Waals surface area contributed by atoms with Crippen molar-refractivity contribution >= 4 is 38.4 Å². The molecule has 2 aromatic carbocycles. The fourth-order valence-electron chi connectivity index (χ4n) is 2.63. The predicted octanol–water partition coefficient (Wildman–Crippen LogP) is 5.13. The number of ether oxygens (including phenoxy) is 1. The van der Waals surface area contributed by atoms with Crippen LogP contribution < -0.4 is 4.74 Å². The van der Waals surface area contributed by atoms with Crippen LogP contribution >= 0.6 is 15.9 Å². The summed E-state index contributed by atoms with van der Waals surface area (Å²) < 4.78 is 7.96. The van der Waals surface area contributed by atoms with E-state index in [9.17, 15) is 9.90 Å². The molecule has 0 atom stereocenters. The highest BCUT2D eigenvalue weighted by atomic mass is 79.9. The van der Waals surface area contributed by atoms with Crippen LogP contribution in [0, 0.1) is 6.92 Å². The van der Waals surface area contributed by atoms with Crippen molar-refractivity contribution in [2.45, 2.75) is 20.4 Å². The maximum Gasteiger partial charge on any atom is 0.302 e. The van der Waals surface area contributed by atoms with Gasteiger partial charge in [0, 0.05) is 16.4 Å². The third-order valence-corrected chi connectivity index (χ3v) is 4.43. The standard InChI is InChI=1S/C19H18BrN3O3/c1-3-23-16-9-6-13(20)10-15(16)18(19(23)25)22-21-17(24)11-26-14-7-4-12(2)5-8-14/h4-10,25H,3,11H2,1-2H3. The summed E-state index contributed by atoms with van der Waals surface area (Å²) in [7, 11) is 0. The van der Waals surface area contributed by atoms with Crippen LogP contribution in [0.5, 0.6) is 11.6 Å². The first-order chi connectivity index (χ1) is 12.5. The number of aromatic hydroxyl groups is 1. The highest BCUT2D eigenvalue weighted by molar-refractivity contribution is 9.10. The van der Waals surface area contributed by atoms with Gasteiger partial charge in [0.2, 0.25) is 5.88 Å². The number of halogens is 1. The number of fused-ring (bicyclic) bond motifs is 1. The van der Waals surface area contributed by atoms with E-state index in [1.54, 1.807) is 16.7 Å². The number of carbonyl (C=O) groups excluding carboxylic acids is 1. The second-order valence-corrected chi connectivity index (χ2v) is 6.69. The summed E-state index contributed by atoms with van der Waals surface area (Å²) in [5.74, 6) is 0.0440. The third-order valence-electron chi connectivity index (χ3n) is 3.93. The van der Waals surface area contributed by atoms with Gasteiger partial charge in [0.15, 0.2) is 12.3 Å². The minimum Gasteiger partial charge on any atom is -0.493 e. The summed E-state index contributed by atoms with van der Waals surface area (Å²) in [6.07, 6.45) is 0. The van der Waals surface area contributed by atoms with Crippen LogP contribution in [-0.2, 0) is 11.3 Å². The van der Waals surface area contributed by atoms with E-state index in [4.69, 9.17) is 4.74 Å². The Balaban J connectivity index is 1.79. The van der Waals surface area contributed by atoms with Crippen molar-refractivity contribution in [3.05, 3.63) is 52.5 Å². The maximum absolute atomic E-state index is 12.0. The van der Waals surface area contributed by atoms with Gasteiger partial charge in [0.25, 0.3) is 0 Å². The Bertz CT molecular complexity index is 978. The van der Waals surface area contributed by atoms with Crippen molar-refractivity contribution in [1.29, 1.82) is 0 Å². The van der Waals surface area contributed by atoms with Crippen molar-refractivity contribution < 1.29 is 14.6 Å². The molecule has 26 heavy (non-hydrogen) atoms. The molecule has 0 aliphatic heterocycles. The number of azo groups is 1. The summed E-state index contributed by atoms with van der Waals surface area (Å²) in [6.45, 7) is 4.25. The summed E-state index contributed by atoms with van der Waals surface area (Å²) in [6, 6.07) is 13.0. The molecule has 1 heterocycles. The predicted molar refractivity (Wildman–Crippen MR) is 103 cm³/mol. The molecular weight excluding hydrogens is 398 g/mol. The summed E-state index contributed by atoms with van der Waals surface area (Å²) in [4.78, 5) is 12.0. The van der Waals surface area contributed by atoms with E-state index < -0.39 is 5.91 Å². The molecule has 0 fully saturated rings. The molecule has 1 aromatic heterocycles. The van der Waals surface area contributed by atoms with E-state index in [0.717, 1.165) is 20.9 Å². The van der Waals surface area contributed by atoms with E-state index in [2.05, 4.69) is 26.2 Å². The zero-order valence-corrected chi connectivity index (χ0v) is 16.0. The average Bonchev–Trinajstić information content (AvgIpc) is 2.89. The van der Waals surface area contributed by atoms with Gasteiger partial charge in [-0.2, -0.15) is 0 Å². The zero-order valence-electron chi connectivity index (χ0n) is 14.4. The van der Waals surface area contributed by atoms with Crippen molar-refractivity contribution in [3.8, 4) is 11.6 Å². The molecule has 0 aliphatic rings. The number of nitrogens with zero attached hydrogens (tertiary/aromatic N) is 3. The summed E-state index contributed by atoms with van der Waals surface area (Å²) >= 11 is 3.41. The van der Waals surface area contributed by atoms with Gasteiger partial charge in [-0.15, -0.1) is 10.2 Å². The highest BCUT2D eigenvalue weighted by Gasteiger charge is 2.16. The number of aromatic nitrogens is 1. The molecule has 134 valence electrons. The van der Waals surface area contributed by atoms with Crippen LogP contribution in [0.4, 0.5) is 5.69 Å². The summed E-state index contributed by atoms with van der Waals surface area (Å²) in [5, 5.41) is 18.8. The van der Waals surface area contributed by atoms with E-state index >= 15 is 0 Å². The third kappa shape index (κ3) is 3.77. The fraction of sp³-hybridized carbons (Fsp3) is 0.211. The molecule has 0 saturated carbocycles.